The van der Waals surface area contributed by atoms with E-state index in [0.29, 0.717) is 38.1 Å². The smallest absolute Gasteiger partial charge is 0.236 e. The normalized spacial score (nSPS) is 13.0. The van der Waals surface area contributed by atoms with E-state index in [0.717, 1.165) is 11.3 Å². The molecule has 29 heavy (non-hydrogen) atoms. The minimum absolute atomic E-state index is 0.0458. The fourth-order valence-electron chi connectivity index (χ4n) is 3.14. The molecular formula is C23H32N4O2. The van der Waals surface area contributed by atoms with Crippen LogP contribution in [0.15, 0.2) is 54.7 Å². The zero-order chi connectivity index (χ0) is 21.1. The van der Waals surface area contributed by atoms with Crippen molar-refractivity contribution >= 4 is 11.8 Å². The second-order valence-electron chi connectivity index (χ2n) is 7.69. The number of nitrogens with zero attached hydrogens (tertiary/aromatic N) is 1. The van der Waals surface area contributed by atoms with Gasteiger partial charge in [-0.15, -0.1) is 0 Å². The summed E-state index contributed by atoms with van der Waals surface area (Å²) in [5, 5.41) is 5.92. The van der Waals surface area contributed by atoms with Gasteiger partial charge in [0.1, 0.15) is 0 Å². The fraction of sp³-hybridized carbons (Fsp3) is 0.435. The van der Waals surface area contributed by atoms with Crippen molar-refractivity contribution in [2.75, 3.05) is 6.54 Å². The number of hydrogen-bond donors (Lipinski definition) is 3. The van der Waals surface area contributed by atoms with Crippen molar-refractivity contribution in [2.45, 2.75) is 51.6 Å². The van der Waals surface area contributed by atoms with Crippen molar-refractivity contribution in [2.24, 2.45) is 11.7 Å². The quantitative estimate of drug-likeness (QED) is 0.509. The summed E-state index contributed by atoms with van der Waals surface area (Å²) in [4.78, 5) is 28.8. The van der Waals surface area contributed by atoms with Crippen molar-refractivity contribution in [3.8, 4) is 0 Å². The topological polar surface area (TPSA) is 97.1 Å². The second kappa shape index (κ2) is 12.0. The molecule has 4 N–H and O–H groups in total. The Morgan fingerprint density at radius 1 is 1.07 bits per heavy atom. The number of nitrogens with one attached hydrogen (secondary N) is 2. The molecule has 0 spiro atoms. The van der Waals surface area contributed by atoms with Crippen LogP contribution in [-0.2, 0) is 16.0 Å². The number of nitrogens with two attached hydrogens (primary N) is 1. The zero-order valence-corrected chi connectivity index (χ0v) is 17.3. The van der Waals surface area contributed by atoms with E-state index in [1.54, 1.807) is 6.20 Å². The van der Waals surface area contributed by atoms with Gasteiger partial charge < -0.3 is 16.4 Å². The Morgan fingerprint density at radius 2 is 1.79 bits per heavy atom. The molecule has 1 aromatic carbocycles. The molecule has 2 unspecified atom stereocenters. The zero-order valence-electron chi connectivity index (χ0n) is 17.3. The summed E-state index contributed by atoms with van der Waals surface area (Å²) in [7, 11) is 0. The molecule has 2 atom stereocenters. The summed E-state index contributed by atoms with van der Waals surface area (Å²) in [6.45, 7) is 4.51. The van der Waals surface area contributed by atoms with Crippen LogP contribution >= 0.6 is 0 Å². The summed E-state index contributed by atoms with van der Waals surface area (Å²) < 4.78 is 0. The number of aromatic nitrogens is 1. The lowest BCUT2D eigenvalue weighted by Crippen LogP contribution is -2.41. The van der Waals surface area contributed by atoms with Crippen LogP contribution in [0.3, 0.4) is 0 Å². The van der Waals surface area contributed by atoms with E-state index in [2.05, 4.69) is 15.6 Å². The van der Waals surface area contributed by atoms with Crippen molar-refractivity contribution in [1.82, 2.24) is 15.6 Å². The van der Waals surface area contributed by atoms with Crippen molar-refractivity contribution in [3.63, 3.8) is 0 Å². The van der Waals surface area contributed by atoms with Gasteiger partial charge >= 0.3 is 0 Å². The first-order chi connectivity index (χ1) is 14.0. The van der Waals surface area contributed by atoms with Gasteiger partial charge in [0, 0.05) is 31.3 Å². The maximum Gasteiger partial charge on any atom is 0.236 e. The Hall–Kier alpha value is -2.73. The molecule has 0 saturated carbocycles. The predicted octanol–water partition coefficient (Wildman–Crippen LogP) is 2.75. The number of benzene rings is 1. The summed E-state index contributed by atoms with van der Waals surface area (Å²) in [6.07, 6.45) is 3.93. The maximum atomic E-state index is 12.5. The fourth-order valence-corrected chi connectivity index (χ4v) is 3.14. The van der Waals surface area contributed by atoms with Gasteiger partial charge in [0.15, 0.2) is 0 Å². The molecule has 0 fully saturated rings. The summed E-state index contributed by atoms with van der Waals surface area (Å²) >= 11 is 0. The molecule has 0 aliphatic carbocycles. The van der Waals surface area contributed by atoms with Crippen LogP contribution in [0.1, 0.15) is 50.4 Å². The van der Waals surface area contributed by atoms with Crippen LogP contribution in [0.2, 0.25) is 0 Å². The Balaban J connectivity index is 1.83. The number of pyridine rings is 1. The van der Waals surface area contributed by atoms with Gasteiger partial charge in [-0.3, -0.25) is 14.6 Å². The van der Waals surface area contributed by atoms with Gasteiger partial charge in [-0.1, -0.05) is 50.2 Å². The van der Waals surface area contributed by atoms with E-state index in [-0.39, 0.29) is 17.9 Å². The van der Waals surface area contributed by atoms with Gasteiger partial charge in [0.05, 0.1) is 12.1 Å². The molecule has 0 saturated heterocycles. The summed E-state index contributed by atoms with van der Waals surface area (Å²) in [6, 6.07) is 15.0. The van der Waals surface area contributed by atoms with Crippen molar-refractivity contribution in [3.05, 3.63) is 66.0 Å². The number of amides is 2. The van der Waals surface area contributed by atoms with Gasteiger partial charge in [-0.25, -0.2) is 0 Å². The SMILES string of the molecule is CC(C)CC(N)C(=O)NCCCC(=O)NC(Cc1ccccn1)c1ccccc1. The molecule has 2 aromatic rings. The summed E-state index contributed by atoms with van der Waals surface area (Å²) in [5.41, 5.74) is 7.83. The third kappa shape index (κ3) is 8.44. The van der Waals surface area contributed by atoms with E-state index < -0.39 is 6.04 Å². The molecule has 6 heteroatoms. The van der Waals surface area contributed by atoms with E-state index in [9.17, 15) is 9.59 Å². The van der Waals surface area contributed by atoms with E-state index in [1.807, 2.05) is 62.4 Å². The highest BCUT2D eigenvalue weighted by atomic mass is 16.2. The number of carbonyl (C=O) groups excluding carboxylic acids is 2. The Bertz CT molecular complexity index is 750. The molecule has 0 aliphatic heterocycles. The van der Waals surface area contributed by atoms with Gasteiger partial charge in [0.25, 0.3) is 0 Å². The molecule has 156 valence electrons. The first kappa shape index (κ1) is 22.6. The van der Waals surface area contributed by atoms with Crippen molar-refractivity contribution < 1.29 is 9.59 Å². The maximum absolute atomic E-state index is 12.5. The Labute approximate surface area is 173 Å². The van der Waals surface area contributed by atoms with Crippen molar-refractivity contribution in [1.29, 1.82) is 0 Å². The molecule has 1 aromatic heterocycles. The predicted molar refractivity (Wildman–Crippen MR) is 115 cm³/mol. The first-order valence-corrected chi connectivity index (χ1v) is 10.2. The van der Waals surface area contributed by atoms with E-state index in [1.165, 1.54) is 0 Å². The van der Waals surface area contributed by atoms with Gasteiger partial charge in [-0.2, -0.15) is 0 Å². The second-order valence-corrected chi connectivity index (χ2v) is 7.69. The van der Waals surface area contributed by atoms with Gasteiger partial charge in [0.2, 0.25) is 11.8 Å². The number of rotatable bonds is 11. The highest BCUT2D eigenvalue weighted by molar-refractivity contribution is 5.81. The first-order valence-electron chi connectivity index (χ1n) is 10.2. The molecule has 2 amide bonds. The average molecular weight is 397 g/mol. The van der Waals surface area contributed by atoms with Crippen LogP contribution in [0.4, 0.5) is 0 Å². The largest absolute Gasteiger partial charge is 0.355 e. The molecule has 0 bridgehead atoms. The lowest BCUT2D eigenvalue weighted by atomic mass is 10.0. The molecule has 1 heterocycles. The molecule has 0 radical (unpaired) electrons. The lowest BCUT2D eigenvalue weighted by Gasteiger charge is -2.19. The van der Waals surface area contributed by atoms with Crippen LogP contribution < -0.4 is 16.4 Å². The highest BCUT2D eigenvalue weighted by Crippen LogP contribution is 2.17. The Morgan fingerprint density at radius 3 is 2.45 bits per heavy atom. The molecule has 2 rings (SSSR count). The van der Waals surface area contributed by atoms with Crippen LogP contribution in [-0.4, -0.2) is 29.4 Å². The van der Waals surface area contributed by atoms with Gasteiger partial charge in [-0.05, 0) is 36.5 Å². The minimum Gasteiger partial charge on any atom is -0.355 e. The number of carbonyl (C=O) groups is 2. The molecule has 6 nitrogen and oxygen atoms in total. The van der Waals surface area contributed by atoms with E-state index in [4.69, 9.17) is 5.73 Å². The molecular weight excluding hydrogens is 364 g/mol. The third-order valence-electron chi connectivity index (χ3n) is 4.62. The third-order valence-corrected chi connectivity index (χ3v) is 4.62. The number of hydrogen-bond acceptors (Lipinski definition) is 4. The lowest BCUT2D eigenvalue weighted by molar-refractivity contribution is -0.124. The van der Waals surface area contributed by atoms with Crippen LogP contribution in [0, 0.1) is 5.92 Å². The van der Waals surface area contributed by atoms with Crippen LogP contribution in [0.5, 0.6) is 0 Å². The average Bonchev–Trinajstić information content (AvgIpc) is 2.71. The van der Waals surface area contributed by atoms with Crippen LogP contribution in [0.25, 0.3) is 0 Å². The monoisotopic (exact) mass is 396 g/mol. The summed E-state index contributed by atoms with van der Waals surface area (Å²) in [5.74, 6) is 0.169. The van der Waals surface area contributed by atoms with E-state index >= 15 is 0 Å². The minimum atomic E-state index is -0.496. The Kier molecular flexibility index (Phi) is 9.31. The highest BCUT2D eigenvalue weighted by Gasteiger charge is 2.17. The molecule has 0 aliphatic rings. The standard InChI is InChI=1S/C23H32N4O2/c1-17(2)15-20(24)23(29)26-14-8-12-22(28)27-21(18-9-4-3-5-10-18)16-19-11-6-7-13-25-19/h3-7,9-11,13,17,20-21H,8,12,14-16,24H2,1-2H3,(H,26,29)(H,27,28).